The van der Waals surface area contributed by atoms with Crippen LogP contribution in [0.25, 0.3) is 0 Å². The largest absolute Gasteiger partial charge is 0.481 e. The van der Waals surface area contributed by atoms with Crippen molar-refractivity contribution in [3.8, 4) is 0 Å². The molecule has 0 fully saturated rings. The Balaban J connectivity index is 4.79. The van der Waals surface area contributed by atoms with E-state index in [1.165, 1.54) is 11.8 Å². The molecule has 3 amide bonds. The predicted octanol–water partition coefficient (Wildman–Crippen LogP) is -0.852. The van der Waals surface area contributed by atoms with E-state index in [-0.39, 0.29) is 31.6 Å². The van der Waals surface area contributed by atoms with Gasteiger partial charge in [0.05, 0.1) is 12.6 Å². The summed E-state index contributed by atoms with van der Waals surface area (Å²) >= 11 is 1.45. The molecule has 0 rings (SSSR count). The summed E-state index contributed by atoms with van der Waals surface area (Å²) in [5, 5.41) is 25.0. The van der Waals surface area contributed by atoms with Gasteiger partial charge in [-0.1, -0.05) is 13.8 Å². The van der Waals surface area contributed by atoms with Crippen LogP contribution >= 0.6 is 11.8 Å². The van der Waals surface area contributed by atoms with E-state index in [0.29, 0.717) is 5.75 Å². The number of amides is 3. The lowest BCUT2D eigenvalue weighted by molar-refractivity contribution is -0.142. The monoisotopic (exact) mass is 448 g/mol. The van der Waals surface area contributed by atoms with Gasteiger partial charge in [0.1, 0.15) is 12.1 Å². The van der Waals surface area contributed by atoms with Crippen molar-refractivity contribution >= 4 is 41.4 Å². The molecule has 7 N–H and O–H groups in total. The first-order chi connectivity index (χ1) is 14.0. The lowest BCUT2D eigenvalue weighted by Crippen LogP contribution is -2.53. The molecule has 3 atom stereocenters. The number of nitrogens with two attached hydrogens (primary N) is 1. The molecule has 30 heavy (non-hydrogen) atoms. The summed E-state index contributed by atoms with van der Waals surface area (Å²) in [6.07, 6.45) is 1.98. The van der Waals surface area contributed by atoms with Crippen LogP contribution in [-0.4, -0.2) is 76.6 Å². The quantitative estimate of drug-likeness (QED) is 0.185. The molecule has 0 saturated heterocycles. The van der Waals surface area contributed by atoms with Crippen LogP contribution in [0.1, 0.15) is 39.5 Å². The van der Waals surface area contributed by atoms with Gasteiger partial charge in [0, 0.05) is 6.42 Å². The summed E-state index contributed by atoms with van der Waals surface area (Å²) in [5.74, 6) is -3.61. The average molecular weight is 449 g/mol. The highest BCUT2D eigenvalue weighted by molar-refractivity contribution is 7.98. The Bertz CT molecular complexity index is 615. The molecular formula is C18H32N4O7S. The minimum atomic E-state index is -1.16. The number of hydrogen-bond acceptors (Lipinski definition) is 7. The Morgan fingerprint density at radius 3 is 2.10 bits per heavy atom. The van der Waals surface area contributed by atoms with Crippen molar-refractivity contribution in [2.24, 2.45) is 11.7 Å². The van der Waals surface area contributed by atoms with Crippen LogP contribution in [0.4, 0.5) is 0 Å². The maximum Gasteiger partial charge on any atom is 0.326 e. The fourth-order valence-corrected chi connectivity index (χ4v) is 2.89. The fraction of sp³-hybridized carbons (Fsp3) is 0.722. The van der Waals surface area contributed by atoms with Crippen molar-refractivity contribution in [1.82, 2.24) is 16.0 Å². The third kappa shape index (κ3) is 12.3. The molecule has 0 aromatic heterocycles. The van der Waals surface area contributed by atoms with Gasteiger partial charge in [-0.05, 0) is 37.2 Å². The van der Waals surface area contributed by atoms with E-state index in [1.54, 1.807) is 0 Å². The summed E-state index contributed by atoms with van der Waals surface area (Å²) in [5.41, 5.74) is 5.66. The molecule has 11 nitrogen and oxygen atoms in total. The molecule has 12 heteroatoms. The van der Waals surface area contributed by atoms with Crippen molar-refractivity contribution in [1.29, 1.82) is 0 Å². The van der Waals surface area contributed by atoms with Crippen LogP contribution in [-0.2, 0) is 24.0 Å². The number of carboxylic acids is 2. The summed E-state index contributed by atoms with van der Waals surface area (Å²) in [6.45, 7) is 3.23. The second-order valence-electron chi connectivity index (χ2n) is 7.19. The van der Waals surface area contributed by atoms with E-state index in [4.69, 9.17) is 15.9 Å². The maximum absolute atomic E-state index is 12.4. The van der Waals surface area contributed by atoms with E-state index in [2.05, 4.69) is 16.0 Å². The van der Waals surface area contributed by atoms with Gasteiger partial charge in [-0.15, -0.1) is 0 Å². The number of rotatable bonds is 15. The molecule has 0 aromatic carbocycles. The average Bonchev–Trinajstić information content (AvgIpc) is 2.65. The number of nitrogens with one attached hydrogen (secondary N) is 3. The van der Waals surface area contributed by atoms with E-state index in [9.17, 15) is 24.0 Å². The first-order valence-electron chi connectivity index (χ1n) is 9.54. The molecule has 0 aromatic rings. The van der Waals surface area contributed by atoms with Crippen molar-refractivity contribution in [2.75, 3.05) is 18.6 Å². The van der Waals surface area contributed by atoms with Crippen molar-refractivity contribution in [3.63, 3.8) is 0 Å². The van der Waals surface area contributed by atoms with Gasteiger partial charge in [0.2, 0.25) is 17.7 Å². The topological polar surface area (TPSA) is 188 Å². The molecule has 0 aliphatic heterocycles. The third-order valence-corrected chi connectivity index (χ3v) is 4.66. The van der Waals surface area contributed by atoms with Crippen molar-refractivity contribution < 1.29 is 34.2 Å². The smallest absolute Gasteiger partial charge is 0.326 e. The van der Waals surface area contributed by atoms with Gasteiger partial charge >= 0.3 is 11.9 Å². The van der Waals surface area contributed by atoms with Crippen LogP contribution in [0.3, 0.4) is 0 Å². The Morgan fingerprint density at radius 1 is 0.967 bits per heavy atom. The highest BCUT2D eigenvalue weighted by Gasteiger charge is 2.26. The number of thioether (sulfide) groups is 1. The zero-order valence-corrected chi connectivity index (χ0v) is 18.3. The Kier molecular flexibility index (Phi) is 13.5. The lowest BCUT2D eigenvalue weighted by Gasteiger charge is -2.22. The Morgan fingerprint density at radius 2 is 1.60 bits per heavy atom. The molecule has 0 saturated carbocycles. The van der Waals surface area contributed by atoms with Gasteiger partial charge in [-0.25, -0.2) is 4.79 Å². The Hall–Kier alpha value is -2.34. The van der Waals surface area contributed by atoms with Crippen molar-refractivity contribution in [3.05, 3.63) is 0 Å². The highest BCUT2D eigenvalue weighted by atomic mass is 32.2. The molecule has 0 aliphatic rings. The number of carbonyl (C=O) groups excluding carboxylic acids is 3. The molecule has 0 aliphatic carbocycles. The standard InChI is InChI=1S/C18H32N4O7S/c1-10(2)8-13(22-16(26)11(19)4-5-15(24)25)17(27)20-9-14(23)21-12(18(28)29)6-7-30-3/h10-13H,4-9,19H2,1-3H3,(H,20,27)(H,21,23)(H,22,26)(H,24,25)(H,28,29). The molecule has 3 unspecified atom stereocenters. The number of aliphatic carboxylic acids is 2. The molecule has 0 radical (unpaired) electrons. The van der Waals surface area contributed by atoms with Gasteiger partial charge in [0.15, 0.2) is 0 Å². The predicted molar refractivity (Wildman–Crippen MR) is 112 cm³/mol. The number of carboxylic acid groups (broad SMARTS) is 2. The van der Waals surface area contributed by atoms with Crippen LogP contribution in [0.5, 0.6) is 0 Å². The Labute approximate surface area is 179 Å². The second-order valence-corrected chi connectivity index (χ2v) is 8.17. The van der Waals surface area contributed by atoms with Gasteiger partial charge < -0.3 is 31.9 Å². The van der Waals surface area contributed by atoms with E-state index in [1.807, 2.05) is 20.1 Å². The molecular weight excluding hydrogens is 416 g/mol. The summed E-state index contributed by atoms with van der Waals surface area (Å²) < 4.78 is 0. The van der Waals surface area contributed by atoms with E-state index < -0.39 is 54.3 Å². The molecule has 0 spiro atoms. The zero-order valence-electron chi connectivity index (χ0n) is 17.5. The van der Waals surface area contributed by atoms with E-state index >= 15 is 0 Å². The number of carbonyl (C=O) groups is 5. The van der Waals surface area contributed by atoms with Crippen LogP contribution in [0.2, 0.25) is 0 Å². The van der Waals surface area contributed by atoms with Gasteiger partial charge in [-0.2, -0.15) is 11.8 Å². The second kappa shape index (κ2) is 14.6. The summed E-state index contributed by atoms with van der Waals surface area (Å²) in [4.78, 5) is 58.4. The minimum Gasteiger partial charge on any atom is -0.481 e. The number of hydrogen-bond donors (Lipinski definition) is 6. The van der Waals surface area contributed by atoms with E-state index in [0.717, 1.165) is 0 Å². The van der Waals surface area contributed by atoms with Crippen LogP contribution < -0.4 is 21.7 Å². The van der Waals surface area contributed by atoms with Gasteiger partial charge in [-0.3, -0.25) is 19.2 Å². The fourth-order valence-electron chi connectivity index (χ4n) is 2.42. The molecule has 172 valence electrons. The third-order valence-electron chi connectivity index (χ3n) is 4.01. The molecule has 0 heterocycles. The highest BCUT2D eigenvalue weighted by Crippen LogP contribution is 2.06. The zero-order chi connectivity index (χ0) is 23.3. The first kappa shape index (κ1) is 27.7. The summed E-state index contributed by atoms with van der Waals surface area (Å²) in [6, 6.07) is -3.10. The first-order valence-corrected chi connectivity index (χ1v) is 10.9. The lowest BCUT2D eigenvalue weighted by atomic mass is 10.0. The maximum atomic E-state index is 12.4. The normalized spacial score (nSPS) is 13.8. The molecule has 0 bridgehead atoms. The van der Waals surface area contributed by atoms with Gasteiger partial charge in [0.25, 0.3) is 0 Å². The van der Waals surface area contributed by atoms with Crippen LogP contribution in [0, 0.1) is 5.92 Å². The van der Waals surface area contributed by atoms with Crippen molar-refractivity contribution in [2.45, 2.75) is 57.7 Å². The SMILES string of the molecule is CSCCC(NC(=O)CNC(=O)C(CC(C)C)NC(=O)C(N)CCC(=O)O)C(=O)O. The minimum absolute atomic E-state index is 0.0352. The van der Waals surface area contributed by atoms with Crippen LogP contribution in [0.15, 0.2) is 0 Å². The summed E-state index contributed by atoms with van der Waals surface area (Å²) in [7, 11) is 0.